The number of nitrogens with zero attached hydrogens (tertiary/aromatic N) is 4. The Kier molecular flexibility index (Phi) is 4.41. The lowest BCUT2D eigenvalue weighted by molar-refractivity contribution is 0.282. The van der Waals surface area contributed by atoms with Gasteiger partial charge in [0.15, 0.2) is 0 Å². The van der Waals surface area contributed by atoms with Crippen molar-refractivity contribution in [3.8, 4) is 11.3 Å². The van der Waals surface area contributed by atoms with Gasteiger partial charge in [0.25, 0.3) is 0 Å². The van der Waals surface area contributed by atoms with Gasteiger partial charge in [0, 0.05) is 30.4 Å². The molecule has 1 aromatic carbocycles. The lowest BCUT2D eigenvalue weighted by atomic mass is 10.1. The molecule has 0 amide bonds. The standard InChI is InChI=1S/C18H17N5OS/c24-12-13-5-1-2-7-15(13)16-11-21-18-23(16)22-17(25-18)20-10-8-14-6-3-4-9-19-14/h1-7,9,11,24H,8,10,12H2,(H,20,22). The van der Waals surface area contributed by atoms with Crippen LogP contribution in [0.3, 0.4) is 0 Å². The van der Waals surface area contributed by atoms with Crippen LogP contribution < -0.4 is 5.32 Å². The Morgan fingerprint density at radius 1 is 1.08 bits per heavy atom. The first-order chi connectivity index (χ1) is 12.3. The topological polar surface area (TPSA) is 75.3 Å². The summed E-state index contributed by atoms with van der Waals surface area (Å²) < 4.78 is 1.82. The molecule has 3 heterocycles. The van der Waals surface area contributed by atoms with E-state index < -0.39 is 0 Å². The molecule has 126 valence electrons. The normalized spacial score (nSPS) is 11.1. The van der Waals surface area contributed by atoms with Crippen LogP contribution in [0, 0.1) is 0 Å². The molecule has 0 aliphatic heterocycles. The van der Waals surface area contributed by atoms with Crippen LogP contribution in [0.25, 0.3) is 16.2 Å². The van der Waals surface area contributed by atoms with E-state index in [1.165, 1.54) is 11.3 Å². The fourth-order valence-electron chi connectivity index (χ4n) is 2.70. The summed E-state index contributed by atoms with van der Waals surface area (Å²) in [6.45, 7) is 0.749. The number of benzene rings is 1. The lowest BCUT2D eigenvalue weighted by Crippen LogP contribution is -2.06. The number of hydrogen-bond donors (Lipinski definition) is 2. The third-order valence-corrected chi connectivity index (χ3v) is 4.81. The summed E-state index contributed by atoms with van der Waals surface area (Å²) in [5.41, 5.74) is 3.74. The van der Waals surface area contributed by atoms with Gasteiger partial charge in [0.1, 0.15) is 0 Å². The van der Waals surface area contributed by atoms with E-state index in [1.54, 1.807) is 12.4 Å². The van der Waals surface area contributed by atoms with Crippen molar-refractivity contribution in [1.29, 1.82) is 0 Å². The summed E-state index contributed by atoms with van der Waals surface area (Å²) in [5.74, 6) is 0. The quantitative estimate of drug-likeness (QED) is 0.558. The maximum Gasteiger partial charge on any atom is 0.214 e. The van der Waals surface area contributed by atoms with Crippen LogP contribution in [-0.2, 0) is 13.0 Å². The van der Waals surface area contributed by atoms with Crippen molar-refractivity contribution in [1.82, 2.24) is 19.6 Å². The summed E-state index contributed by atoms with van der Waals surface area (Å²) in [6, 6.07) is 13.7. The first kappa shape index (κ1) is 15.7. The highest BCUT2D eigenvalue weighted by Crippen LogP contribution is 2.28. The number of hydrogen-bond acceptors (Lipinski definition) is 6. The Balaban J connectivity index is 1.54. The Hall–Kier alpha value is -2.77. The van der Waals surface area contributed by atoms with E-state index in [-0.39, 0.29) is 6.61 Å². The molecule has 0 fully saturated rings. The average molecular weight is 351 g/mol. The molecule has 2 N–H and O–H groups in total. The number of rotatable bonds is 6. The molecule has 4 rings (SSSR count). The highest BCUT2D eigenvalue weighted by atomic mass is 32.1. The molecule has 0 aliphatic carbocycles. The maximum absolute atomic E-state index is 9.55. The highest BCUT2D eigenvalue weighted by Gasteiger charge is 2.13. The predicted molar refractivity (Wildman–Crippen MR) is 98.7 cm³/mol. The van der Waals surface area contributed by atoms with Gasteiger partial charge < -0.3 is 10.4 Å². The van der Waals surface area contributed by atoms with E-state index in [4.69, 9.17) is 0 Å². The second-order valence-electron chi connectivity index (χ2n) is 5.56. The average Bonchev–Trinajstić information content (AvgIpc) is 3.23. The zero-order valence-electron chi connectivity index (χ0n) is 13.5. The summed E-state index contributed by atoms with van der Waals surface area (Å²) in [6.07, 6.45) is 4.44. The summed E-state index contributed by atoms with van der Waals surface area (Å²) >= 11 is 1.51. The number of aliphatic hydroxyl groups is 1. The summed E-state index contributed by atoms with van der Waals surface area (Å²) in [7, 11) is 0. The number of aromatic nitrogens is 4. The van der Waals surface area contributed by atoms with Gasteiger partial charge in [-0.05, 0) is 17.7 Å². The van der Waals surface area contributed by atoms with E-state index in [1.807, 2.05) is 47.0 Å². The Morgan fingerprint density at radius 3 is 2.80 bits per heavy atom. The first-order valence-electron chi connectivity index (χ1n) is 8.02. The maximum atomic E-state index is 9.55. The molecule has 3 aromatic heterocycles. The molecule has 0 radical (unpaired) electrons. The molecule has 7 heteroatoms. The van der Waals surface area contributed by atoms with Crippen molar-refractivity contribution < 1.29 is 5.11 Å². The van der Waals surface area contributed by atoms with Crippen molar-refractivity contribution >= 4 is 21.4 Å². The molecule has 0 aliphatic rings. The monoisotopic (exact) mass is 351 g/mol. The lowest BCUT2D eigenvalue weighted by Gasteiger charge is -2.05. The van der Waals surface area contributed by atoms with E-state index in [2.05, 4.69) is 20.4 Å². The molecule has 0 unspecified atom stereocenters. The third kappa shape index (κ3) is 3.24. The number of aliphatic hydroxyl groups excluding tert-OH is 1. The Labute approximate surface area is 148 Å². The number of pyridine rings is 1. The number of anilines is 1. The second-order valence-corrected chi connectivity index (χ2v) is 6.51. The van der Waals surface area contributed by atoms with Crippen molar-refractivity contribution in [3.63, 3.8) is 0 Å². The predicted octanol–water partition coefficient (Wildman–Crippen LogP) is 3.00. The van der Waals surface area contributed by atoms with Gasteiger partial charge >= 0.3 is 0 Å². The highest BCUT2D eigenvalue weighted by molar-refractivity contribution is 7.20. The molecule has 6 nitrogen and oxygen atoms in total. The fraction of sp³-hybridized carbons (Fsp3) is 0.167. The SMILES string of the molecule is OCc1ccccc1-c1cnc2sc(NCCc3ccccn3)nn12. The minimum atomic E-state index is -0.0112. The van der Waals surface area contributed by atoms with Crippen molar-refractivity contribution in [3.05, 3.63) is 66.1 Å². The molecular weight excluding hydrogens is 334 g/mol. The van der Waals surface area contributed by atoms with Gasteiger partial charge in [-0.25, -0.2) is 9.50 Å². The summed E-state index contributed by atoms with van der Waals surface area (Å²) in [4.78, 5) is 9.58. The molecule has 4 aromatic rings. The fourth-order valence-corrected chi connectivity index (χ4v) is 3.50. The van der Waals surface area contributed by atoms with Crippen molar-refractivity contribution in [2.75, 3.05) is 11.9 Å². The van der Waals surface area contributed by atoms with Crippen molar-refractivity contribution in [2.45, 2.75) is 13.0 Å². The minimum absolute atomic E-state index is 0.0112. The van der Waals surface area contributed by atoms with Gasteiger partial charge in [0.05, 0.1) is 18.5 Å². The van der Waals surface area contributed by atoms with Crippen LogP contribution in [0.15, 0.2) is 54.9 Å². The van der Waals surface area contributed by atoms with E-state index >= 15 is 0 Å². The van der Waals surface area contributed by atoms with E-state index in [0.29, 0.717) is 0 Å². The van der Waals surface area contributed by atoms with Crippen LogP contribution in [0.2, 0.25) is 0 Å². The van der Waals surface area contributed by atoms with Gasteiger partial charge in [-0.1, -0.05) is 41.7 Å². The number of imidazole rings is 1. The molecular formula is C18H17N5OS. The summed E-state index contributed by atoms with van der Waals surface area (Å²) in [5, 5.41) is 18.3. The zero-order valence-corrected chi connectivity index (χ0v) is 14.3. The Bertz CT molecular complexity index is 979. The largest absolute Gasteiger partial charge is 0.392 e. The van der Waals surface area contributed by atoms with Gasteiger partial charge in [-0.15, -0.1) is 5.10 Å². The molecule has 25 heavy (non-hydrogen) atoms. The van der Waals surface area contributed by atoms with E-state index in [0.717, 1.165) is 45.6 Å². The van der Waals surface area contributed by atoms with Crippen LogP contribution in [-0.4, -0.2) is 31.2 Å². The molecule has 0 saturated heterocycles. The Morgan fingerprint density at radius 2 is 1.96 bits per heavy atom. The van der Waals surface area contributed by atoms with Crippen molar-refractivity contribution in [2.24, 2.45) is 0 Å². The second kappa shape index (κ2) is 7.00. The van der Waals surface area contributed by atoms with E-state index in [9.17, 15) is 5.11 Å². The number of nitrogens with one attached hydrogen (secondary N) is 1. The molecule has 0 atom stereocenters. The zero-order chi connectivity index (χ0) is 17.1. The number of fused-ring (bicyclic) bond motifs is 1. The van der Waals surface area contributed by atoms with Crippen LogP contribution >= 0.6 is 11.3 Å². The van der Waals surface area contributed by atoms with Gasteiger partial charge in [-0.3, -0.25) is 4.98 Å². The van der Waals surface area contributed by atoms with Gasteiger partial charge in [0.2, 0.25) is 10.1 Å². The van der Waals surface area contributed by atoms with Gasteiger partial charge in [-0.2, -0.15) is 0 Å². The van der Waals surface area contributed by atoms with Crippen LogP contribution in [0.5, 0.6) is 0 Å². The molecule has 0 spiro atoms. The molecule has 0 saturated carbocycles. The first-order valence-corrected chi connectivity index (χ1v) is 8.84. The van der Waals surface area contributed by atoms with Crippen LogP contribution in [0.1, 0.15) is 11.3 Å². The third-order valence-electron chi connectivity index (χ3n) is 3.93. The minimum Gasteiger partial charge on any atom is -0.392 e. The molecule has 0 bridgehead atoms. The smallest absolute Gasteiger partial charge is 0.214 e. The van der Waals surface area contributed by atoms with Crippen LogP contribution in [0.4, 0.5) is 5.13 Å².